The van der Waals surface area contributed by atoms with Gasteiger partial charge in [0.1, 0.15) is 11.4 Å². The van der Waals surface area contributed by atoms with Gasteiger partial charge in [0.25, 0.3) is 0 Å². The summed E-state index contributed by atoms with van der Waals surface area (Å²) < 4.78 is 0. The molecule has 1 unspecified atom stereocenters. The fourth-order valence-corrected chi connectivity index (χ4v) is 1.88. The molecular formula is C15H22N4. The number of benzene rings is 1. The first-order chi connectivity index (χ1) is 9.24. The summed E-state index contributed by atoms with van der Waals surface area (Å²) in [5.41, 5.74) is 3.13. The van der Waals surface area contributed by atoms with Gasteiger partial charge in [0.15, 0.2) is 0 Å². The van der Waals surface area contributed by atoms with E-state index in [2.05, 4.69) is 48.4 Å². The standard InChI is InChI=1S/C15H22N4/c1-4-12(3)16-11-14-15(18-19(5-2)17-14)13-9-7-6-8-10-13/h6-10,12,16H,4-5,11H2,1-3H3. The minimum absolute atomic E-state index is 0.496. The summed E-state index contributed by atoms with van der Waals surface area (Å²) in [5.74, 6) is 0. The van der Waals surface area contributed by atoms with Crippen LogP contribution in [-0.4, -0.2) is 21.0 Å². The Morgan fingerprint density at radius 2 is 1.89 bits per heavy atom. The molecule has 0 fully saturated rings. The van der Waals surface area contributed by atoms with Crippen molar-refractivity contribution in [3.05, 3.63) is 36.0 Å². The molecule has 1 aromatic heterocycles. The zero-order valence-corrected chi connectivity index (χ0v) is 11.9. The SMILES string of the molecule is CCC(C)NCc1nn(CC)nc1-c1ccccc1. The number of nitrogens with zero attached hydrogens (tertiary/aromatic N) is 3. The second-order valence-electron chi connectivity index (χ2n) is 4.74. The molecule has 1 atom stereocenters. The molecule has 1 heterocycles. The van der Waals surface area contributed by atoms with E-state index in [0.717, 1.165) is 36.5 Å². The molecule has 0 bridgehead atoms. The van der Waals surface area contributed by atoms with Crippen LogP contribution in [0.2, 0.25) is 0 Å². The van der Waals surface area contributed by atoms with Gasteiger partial charge >= 0.3 is 0 Å². The monoisotopic (exact) mass is 258 g/mol. The summed E-state index contributed by atoms with van der Waals surface area (Å²) in [6.07, 6.45) is 1.11. The molecule has 19 heavy (non-hydrogen) atoms. The molecule has 2 rings (SSSR count). The first-order valence-corrected chi connectivity index (χ1v) is 6.97. The zero-order valence-electron chi connectivity index (χ0n) is 11.9. The van der Waals surface area contributed by atoms with E-state index in [1.807, 2.05) is 18.2 Å². The number of hydrogen-bond donors (Lipinski definition) is 1. The van der Waals surface area contributed by atoms with Crippen LogP contribution in [0.1, 0.15) is 32.9 Å². The second kappa shape index (κ2) is 6.48. The third-order valence-corrected chi connectivity index (χ3v) is 3.29. The van der Waals surface area contributed by atoms with Crippen molar-refractivity contribution in [1.82, 2.24) is 20.3 Å². The van der Waals surface area contributed by atoms with Gasteiger partial charge < -0.3 is 5.32 Å². The number of aryl methyl sites for hydroxylation is 1. The van der Waals surface area contributed by atoms with Gasteiger partial charge in [-0.1, -0.05) is 37.3 Å². The third-order valence-electron chi connectivity index (χ3n) is 3.29. The van der Waals surface area contributed by atoms with Crippen molar-refractivity contribution < 1.29 is 0 Å². The van der Waals surface area contributed by atoms with Crippen molar-refractivity contribution >= 4 is 0 Å². The van der Waals surface area contributed by atoms with E-state index in [-0.39, 0.29) is 0 Å². The Bertz CT molecular complexity index is 504. The van der Waals surface area contributed by atoms with Crippen LogP contribution in [-0.2, 0) is 13.1 Å². The van der Waals surface area contributed by atoms with Gasteiger partial charge in [-0.3, -0.25) is 0 Å². The molecule has 1 aromatic carbocycles. The smallest absolute Gasteiger partial charge is 0.117 e. The molecule has 0 aliphatic rings. The van der Waals surface area contributed by atoms with Crippen LogP contribution in [0.25, 0.3) is 11.3 Å². The van der Waals surface area contributed by atoms with Crippen LogP contribution in [0, 0.1) is 0 Å². The van der Waals surface area contributed by atoms with Crippen molar-refractivity contribution in [3.63, 3.8) is 0 Å². The first-order valence-electron chi connectivity index (χ1n) is 6.97. The Kier molecular flexibility index (Phi) is 4.68. The molecule has 0 saturated heterocycles. The fraction of sp³-hybridized carbons (Fsp3) is 0.467. The minimum atomic E-state index is 0.496. The average molecular weight is 258 g/mol. The lowest BCUT2D eigenvalue weighted by Crippen LogP contribution is -2.25. The summed E-state index contributed by atoms with van der Waals surface area (Å²) in [6.45, 7) is 7.98. The number of hydrogen-bond acceptors (Lipinski definition) is 3. The molecular weight excluding hydrogens is 236 g/mol. The van der Waals surface area contributed by atoms with Gasteiger partial charge in [-0.25, -0.2) is 0 Å². The topological polar surface area (TPSA) is 42.7 Å². The van der Waals surface area contributed by atoms with Gasteiger partial charge in [-0.05, 0) is 20.3 Å². The number of nitrogens with one attached hydrogen (secondary N) is 1. The van der Waals surface area contributed by atoms with Crippen molar-refractivity contribution in [1.29, 1.82) is 0 Å². The highest BCUT2D eigenvalue weighted by Crippen LogP contribution is 2.19. The first kappa shape index (κ1) is 13.7. The highest BCUT2D eigenvalue weighted by Gasteiger charge is 2.12. The summed E-state index contributed by atoms with van der Waals surface area (Å²) in [7, 11) is 0. The van der Waals surface area contributed by atoms with Gasteiger partial charge in [0, 0.05) is 18.2 Å². The third kappa shape index (κ3) is 3.41. The molecule has 2 aromatic rings. The van der Waals surface area contributed by atoms with Crippen LogP contribution in [0.4, 0.5) is 0 Å². The van der Waals surface area contributed by atoms with Crippen molar-refractivity contribution in [3.8, 4) is 11.3 Å². The summed E-state index contributed by atoms with van der Waals surface area (Å²) in [5, 5.41) is 12.6. The van der Waals surface area contributed by atoms with Crippen LogP contribution in [0.15, 0.2) is 30.3 Å². The largest absolute Gasteiger partial charge is 0.309 e. The summed E-state index contributed by atoms with van der Waals surface area (Å²) in [6, 6.07) is 10.7. The normalized spacial score (nSPS) is 12.6. The minimum Gasteiger partial charge on any atom is -0.309 e. The van der Waals surface area contributed by atoms with E-state index in [4.69, 9.17) is 0 Å². The van der Waals surface area contributed by atoms with E-state index in [1.54, 1.807) is 4.80 Å². The molecule has 4 heteroatoms. The fourth-order valence-electron chi connectivity index (χ4n) is 1.88. The zero-order chi connectivity index (χ0) is 13.7. The van der Waals surface area contributed by atoms with Gasteiger partial charge in [0.05, 0.1) is 6.54 Å². The summed E-state index contributed by atoms with van der Waals surface area (Å²) in [4.78, 5) is 1.76. The number of aromatic nitrogens is 3. The van der Waals surface area contributed by atoms with Crippen molar-refractivity contribution in [2.45, 2.75) is 46.3 Å². The predicted molar refractivity (Wildman–Crippen MR) is 77.7 cm³/mol. The van der Waals surface area contributed by atoms with E-state index < -0.39 is 0 Å². The highest BCUT2D eigenvalue weighted by molar-refractivity contribution is 5.60. The van der Waals surface area contributed by atoms with E-state index in [1.165, 1.54) is 0 Å². The molecule has 0 saturated carbocycles. The quantitative estimate of drug-likeness (QED) is 0.866. The molecule has 0 spiro atoms. The Labute approximate surface area is 114 Å². The van der Waals surface area contributed by atoms with Crippen LogP contribution >= 0.6 is 0 Å². The lowest BCUT2D eigenvalue weighted by Gasteiger charge is -2.10. The molecule has 0 aliphatic carbocycles. The maximum absolute atomic E-state index is 4.57. The van der Waals surface area contributed by atoms with E-state index >= 15 is 0 Å². The molecule has 0 radical (unpaired) electrons. The average Bonchev–Trinajstić information content (AvgIpc) is 2.89. The van der Waals surface area contributed by atoms with Gasteiger partial charge in [-0.2, -0.15) is 15.0 Å². The van der Waals surface area contributed by atoms with Crippen LogP contribution in [0.3, 0.4) is 0 Å². The molecule has 1 N–H and O–H groups in total. The van der Waals surface area contributed by atoms with Gasteiger partial charge in [-0.15, -0.1) is 0 Å². The predicted octanol–water partition coefficient (Wildman–Crippen LogP) is 2.85. The lowest BCUT2D eigenvalue weighted by atomic mass is 10.1. The maximum atomic E-state index is 4.57. The van der Waals surface area contributed by atoms with E-state index in [9.17, 15) is 0 Å². The Morgan fingerprint density at radius 3 is 2.53 bits per heavy atom. The van der Waals surface area contributed by atoms with Crippen molar-refractivity contribution in [2.24, 2.45) is 0 Å². The maximum Gasteiger partial charge on any atom is 0.117 e. The van der Waals surface area contributed by atoms with Gasteiger partial charge in [0.2, 0.25) is 0 Å². The highest BCUT2D eigenvalue weighted by atomic mass is 15.5. The Balaban J connectivity index is 2.24. The molecule has 0 aliphatic heterocycles. The second-order valence-corrected chi connectivity index (χ2v) is 4.74. The summed E-state index contributed by atoms with van der Waals surface area (Å²) >= 11 is 0. The van der Waals surface area contributed by atoms with Crippen LogP contribution < -0.4 is 5.32 Å². The lowest BCUT2D eigenvalue weighted by molar-refractivity contribution is 0.516. The van der Waals surface area contributed by atoms with Crippen LogP contribution in [0.5, 0.6) is 0 Å². The Hall–Kier alpha value is -1.68. The Morgan fingerprint density at radius 1 is 1.16 bits per heavy atom. The molecule has 102 valence electrons. The molecule has 4 nitrogen and oxygen atoms in total. The molecule has 0 amide bonds. The van der Waals surface area contributed by atoms with Crippen molar-refractivity contribution in [2.75, 3.05) is 0 Å². The van der Waals surface area contributed by atoms with E-state index in [0.29, 0.717) is 6.04 Å². The number of rotatable bonds is 6.